The Bertz CT molecular complexity index is 594. The Balaban J connectivity index is 2.39. The molecule has 18 heavy (non-hydrogen) atoms. The van der Waals surface area contributed by atoms with E-state index in [9.17, 15) is 5.26 Å². The van der Waals surface area contributed by atoms with E-state index in [1.165, 1.54) is 0 Å². The summed E-state index contributed by atoms with van der Waals surface area (Å²) < 4.78 is 5.16. The zero-order valence-electron chi connectivity index (χ0n) is 10.1. The molecule has 0 aliphatic heterocycles. The summed E-state index contributed by atoms with van der Waals surface area (Å²) in [5.74, 6) is 0.786. The van der Waals surface area contributed by atoms with Crippen molar-refractivity contribution in [1.29, 1.82) is 5.26 Å². The van der Waals surface area contributed by atoms with E-state index in [1.54, 1.807) is 7.11 Å². The van der Waals surface area contributed by atoms with Crippen LogP contribution in [0.5, 0.6) is 5.75 Å². The molecule has 0 saturated carbocycles. The summed E-state index contributed by atoms with van der Waals surface area (Å²) >= 11 is 0. The smallest absolute Gasteiger partial charge is 0.119 e. The van der Waals surface area contributed by atoms with Gasteiger partial charge in [0, 0.05) is 0 Å². The van der Waals surface area contributed by atoms with Crippen LogP contribution in [0.4, 0.5) is 0 Å². The van der Waals surface area contributed by atoms with Crippen LogP contribution in [0.2, 0.25) is 0 Å². The number of hydrogen-bond donors (Lipinski definition) is 0. The van der Waals surface area contributed by atoms with Crippen molar-refractivity contribution in [3.8, 4) is 11.8 Å². The van der Waals surface area contributed by atoms with E-state index in [0.717, 1.165) is 16.9 Å². The lowest BCUT2D eigenvalue weighted by Gasteiger charge is -2.02. The fourth-order valence-corrected chi connectivity index (χ4v) is 1.70. The van der Waals surface area contributed by atoms with Gasteiger partial charge in [0.15, 0.2) is 0 Å². The highest BCUT2D eigenvalue weighted by atomic mass is 16.5. The zero-order valence-corrected chi connectivity index (χ0v) is 10.1. The Hall–Kier alpha value is -2.53. The maximum absolute atomic E-state index is 9.22. The molecular weight excluding hydrogens is 222 g/mol. The molecular formula is C16H13NO. The maximum atomic E-state index is 9.22. The van der Waals surface area contributed by atoms with Gasteiger partial charge in [-0.1, -0.05) is 42.5 Å². The lowest BCUT2D eigenvalue weighted by atomic mass is 10.0. The highest BCUT2D eigenvalue weighted by Crippen LogP contribution is 2.20. The summed E-state index contributed by atoms with van der Waals surface area (Å²) in [6.07, 6.45) is 1.86. The molecule has 2 aromatic carbocycles. The van der Waals surface area contributed by atoms with Crippen molar-refractivity contribution in [2.75, 3.05) is 7.11 Å². The normalized spacial score (nSPS) is 10.8. The average Bonchev–Trinajstić information content (AvgIpc) is 2.46. The zero-order chi connectivity index (χ0) is 12.8. The first-order chi connectivity index (χ1) is 8.83. The van der Waals surface area contributed by atoms with Gasteiger partial charge in [-0.15, -0.1) is 0 Å². The molecule has 2 rings (SSSR count). The molecule has 0 atom stereocenters. The third kappa shape index (κ3) is 2.78. The molecule has 0 fully saturated rings. The van der Waals surface area contributed by atoms with Gasteiger partial charge in [0.1, 0.15) is 5.75 Å². The number of nitriles is 1. The molecule has 0 heterocycles. The molecule has 88 valence electrons. The number of methoxy groups -OCH3 is 1. The molecule has 2 aromatic rings. The first kappa shape index (κ1) is 11.9. The fraction of sp³-hybridized carbons (Fsp3) is 0.0625. The topological polar surface area (TPSA) is 33.0 Å². The van der Waals surface area contributed by atoms with E-state index < -0.39 is 0 Å². The number of benzene rings is 2. The largest absolute Gasteiger partial charge is 0.497 e. The second kappa shape index (κ2) is 5.70. The van der Waals surface area contributed by atoms with Crippen LogP contribution in [-0.4, -0.2) is 7.11 Å². The first-order valence-electron chi connectivity index (χ1n) is 5.65. The first-order valence-corrected chi connectivity index (χ1v) is 5.65. The Morgan fingerprint density at radius 2 is 1.89 bits per heavy atom. The molecule has 0 amide bonds. The van der Waals surface area contributed by atoms with Crippen molar-refractivity contribution in [2.45, 2.75) is 0 Å². The van der Waals surface area contributed by atoms with Crippen LogP contribution < -0.4 is 4.74 Å². The number of nitrogens with zero attached hydrogens (tertiary/aromatic N) is 1. The number of allylic oxidation sites excluding steroid dienone is 1. The van der Waals surface area contributed by atoms with E-state index in [2.05, 4.69) is 6.07 Å². The van der Waals surface area contributed by atoms with Crippen molar-refractivity contribution in [1.82, 2.24) is 0 Å². The average molecular weight is 235 g/mol. The second-order valence-electron chi connectivity index (χ2n) is 3.81. The minimum Gasteiger partial charge on any atom is -0.497 e. The molecule has 2 nitrogen and oxygen atoms in total. The van der Waals surface area contributed by atoms with Gasteiger partial charge in [-0.3, -0.25) is 0 Å². The molecule has 0 aliphatic carbocycles. The van der Waals surface area contributed by atoms with Gasteiger partial charge in [-0.25, -0.2) is 0 Å². The Morgan fingerprint density at radius 3 is 2.56 bits per heavy atom. The lowest BCUT2D eigenvalue weighted by Crippen LogP contribution is -1.84. The molecule has 2 heteroatoms. The third-order valence-corrected chi connectivity index (χ3v) is 2.61. The van der Waals surface area contributed by atoms with Gasteiger partial charge < -0.3 is 4.74 Å². The minimum absolute atomic E-state index is 0.642. The molecule has 0 spiro atoms. The Labute approximate surface area is 107 Å². The summed E-state index contributed by atoms with van der Waals surface area (Å²) in [6, 6.07) is 19.5. The summed E-state index contributed by atoms with van der Waals surface area (Å²) in [6.45, 7) is 0. The van der Waals surface area contributed by atoms with Crippen molar-refractivity contribution in [3.05, 3.63) is 65.7 Å². The summed E-state index contributed by atoms with van der Waals surface area (Å²) in [7, 11) is 1.63. The summed E-state index contributed by atoms with van der Waals surface area (Å²) in [5.41, 5.74) is 2.52. The van der Waals surface area contributed by atoms with Crippen LogP contribution in [0, 0.1) is 11.3 Å². The molecule has 0 N–H and O–H groups in total. The predicted molar refractivity (Wildman–Crippen MR) is 72.9 cm³/mol. The molecule has 0 bridgehead atoms. The van der Waals surface area contributed by atoms with Crippen LogP contribution in [0.1, 0.15) is 11.1 Å². The van der Waals surface area contributed by atoms with E-state index in [-0.39, 0.29) is 0 Å². The van der Waals surface area contributed by atoms with Crippen molar-refractivity contribution >= 4 is 11.6 Å². The van der Waals surface area contributed by atoms with Gasteiger partial charge in [0.25, 0.3) is 0 Å². The number of rotatable bonds is 3. The SMILES string of the molecule is COc1cccc(/C=C(/C#N)c2ccccc2)c1. The van der Waals surface area contributed by atoms with Crippen molar-refractivity contribution in [3.63, 3.8) is 0 Å². The van der Waals surface area contributed by atoms with E-state index >= 15 is 0 Å². The fourth-order valence-electron chi connectivity index (χ4n) is 1.70. The monoisotopic (exact) mass is 235 g/mol. The van der Waals surface area contributed by atoms with E-state index in [0.29, 0.717) is 5.57 Å². The van der Waals surface area contributed by atoms with Crippen molar-refractivity contribution < 1.29 is 4.74 Å². The van der Waals surface area contributed by atoms with Crippen LogP contribution in [0.3, 0.4) is 0 Å². The molecule has 0 unspecified atom stereocenters. The quantitative estimate of drug-likeness (QED) is 0.599. The van der Waals surface area contributed by atoms with Crippen LogP contribution in [0.25, 0.3) is 11.6 Å². The summed E-state index contributed by atoms with van der Waals surface area (Å²) in [4.78, 5) is 0. The molecule has 0 radical (unpaired) electrons. The van der Waals surface area contributed by atoms with Gasteiger partial charge in [0.2, 0.25) is 0 Å². The standard InChI is InChI=1S/C16H13NO/c1-18-16-9-5-6-13(11-16)10-15(12-17)14-7-3-2-4-8-14/h2-11H,1H3/b15-10-. The molecule has 0 saturated heterocycles. The van der Waals surface area contributed by atoms with Gasteiger partial charge in [-0.2, -0.15) is 5.26 Å². The van der Waals surface area contributed by atoms with Crippen LogP contribution in [0.15, 0.2) is 54.6 Å². The minimum atomic E-state index is 0.642. The molecule has 0 aromatic heterocycles. The second-order valence-corrected chi connectivity index (χ2v) is 3.81. The summed E-state index contributed by atoms with van der Waals surface area (Å²) in [5, 5.41) is 9.22. The van der Waals surface area contributed by atoms with Crippen LogP contribution >= 0.6 is 0 Å². The number of ether oxygens (including phenoxy) is 1. The number of hydrogen-bond acceptors (Lipinski definition) is 2. The maximum Gasteiger partial charge on any atom is 0.119 e. The third-order valence-electron chi connectivity index (χ3n) is 2.61. The highest BCUT2D eigenvalue weighted by Gasteiger charge is 2.00. The van der Waals surface area contributed by atoms with Gasteiger partial charge in [-0.05, 0) is 29.3 Å². The van der Waals surface area contributed by atoms with E-state index in [1.807, 2.05) is 60.7 Å². The van der Waals surface area contributed by atoms with E-state index in [4.69, 9.17) is 4.74 Å². The van der Waals surface area contributed by atoms with Gasteiger partial charge >= 0.3 is 0 Å². The van der Waals surface area contributed by atoms with Crippen LogP contribution in [-0.2, 0) is 0 Å². The molecule has 0 aliphatic rings. The highest BCUT2D eigenvalue weighted by molar-refractivity contribution is 5.89. The Morgan fingerprint density at radius 1 is 1.11 bits per heavy atom. The predicted octanol–water partition coefficient (Wildman–Crippen LogP) is 3.76. The van der Waals surface area contributed by atoms with Crippen molar-refractivity contribution in [2.24, 2.45) is 0 Å². The Kier molecular flexibility index (Phi) is 3.78. The van der Waals surface area contributed by atoms with Gasteiger partial charge in [0.05, 0.1) is 18.8 Å². The lowest BCUT2D eigenvalue weighted by molar-refractivity contribution is 0.414.